The number of rotatable bonds is 57. The highest BCUT2D eigenvalue weighted by Gasteiger charge is 2.58. The SMILES string of the molecule is CCCCCCCCCCCCCCCC(=O)OCC(COP(=O)(O)OC1C(OC2OC(CO)C(O)C(O)C2O)C(O)C(O)C(O)C1OC1OC(COC(=O)CCCCCCCCCCCCC)C(O)C(O)C1O)OC(=O)CCCCCCCCC(C)CCCCCCCC. The standard InChI is InChI=1S/C70H131O24P/c1-5-8-11-14-17-19-21-22-24-26-27-33-38-43-54(72)86-47-51(89-56(74)45-40-35-30-29-32-37-42-50(4)41-36-31-16-13-10-7-3)48-88-95(84,85)94-68-66(92-69-64(82)59(77)57(75)52(46-71)90-69)62(80)61(79)63(81)67(68)93-70-65(83)60(78)58(76)53(91-70)49-87-55(73)44-39-34-28-25-23-20-18-15-12-9-6-2/h50-53,57-71,75-83H,5-49H2,1-4H3,(H,84,85). The molecule has 2 heterocycles. The Morgan fingerprint density at radius 1 is 0.400 bits per heavy atom. The van der Waals surface area contributed by atoms with Gasteiger partial charge in [0.15, 0.2) is 18.7 Å². The lowest BCUT2D eigenvalue weighted by atomic mass is 9.84. The summed E-state index contributed by atoms with van der Waals surface area (Å²) in [6.45, 7) is 5.75. The Bertz CT molecular complexity index is 1990. The summed E-state index contributed by atoms with van der Waals surface area (Å²) in [6, 6.07) is 0. The van der Waals surface area contributed by atoms with Crippen LogP contribution in [0.3, 0.4) is 0 Å². The summed E-state index contributed by atoms with van der Waals surface area (Å²) in [6.07, 6.45) is 6.20. The van der Waals surface area contributed by atoms with Crippen molar-refractivity contribution < 1.29 is 117 Å². The Labute approximate surface area is 568 Å². The van der Waals surface area contributed by atoms with Crippen LogP contribution in [-0.2, 0) is 61.2 Å². The third-order valence-corrected chi connectivity index (χ3v) is 19.8. The van der Waals surface area contributed by atoms with E-state index in [9.17, 15) is 74.9 Å². The van der Waals surface area contributed by atoms with E-state index >= 15 is 0 Å². The first-order valence-corrected chi connectivity index (χ1v) is 38.7. The van der Waals surface area contributed by atoms with E-state index in [2.05, 4.69) is 27.7 Å². The molecule has 0 aromatic heterocycles. The number of aliphatic hydroxyl groups is 10. The molecule has 24 nitrogen and oxygen atoms in total. The van der Waals surface area contributed by atoms with Crippen molar-refractivity contribution in [1.29, 1.82) is 0 Å². The van der Waals surface area contributed by atoms with Crippen molar-refractivity contribution in [1.82, 2.24) is 0 Å². The van der Waals surface area contributed by atoms with E-state index in [4.69, 9.17) is 42.2 Å². The second-order valence-corrected chi connectivity index (χ2v) is 28.7. The minimum Gasteiger partial charge on any atom is -0.463 e. The molecule has 0 bridgehead atoms. The third kappa shape index (κ3) is 35.9. The van der Waals surface area contributed by atoms with Crippen LogP contribution in [0.15, 0.2) is 0 Å². The van der Waals surface area contributed by atoms with E-state index in [1.54, 1.807) is 0 Å². The lowest BCUT2D eigenvalue weighted by Gasteiger charge is -2.49. The number of phosphoric ester groups is 1. The van der Waals surface area contributed by atoms with Crippen LogP contribution >= 0.6 is 7.82 Å². The highest BCUT2D eigenvalue weighted by atomic mass is 31.2. The molecule has 560 valence electrons. The fraction of sp³-hybridized carbons (Fsp3) is 0.957. The van der Waals surface area contributed by atoms with E-state index in [0.717, 1.165) is 89.9 Å². The van der Waals surface area contributed by atoms with Gasteiger partial charge in [0.1, 0.15) is 98.7 Å². The van der Waals surface area contributed by atoms with Crippen LogP contribution in [0.1, 0.15) is 291 Å². The van der Waals surface area contributed by atoms with Crippen molar-refractivity contribution >= 4 is 25.7 Å². The van der Waals surface area contributed by atoms with E-state index in [0.29, 0.717) is 25.2 Å². The van der Waals surface area contributed by atoms with Crippen LogP contribution in [0.4, 0.5) is 0 Å². The van der Waals surface area contributed by atoms with Gasteiger partial charge >= 0.3 is 25.7 Å². The highest BCUT2D eigenvalue weighted by molar-refractivity contribution is 7.47. The maximum absolute atomic E-state index is 14.3. The molecule has 19 unspecified atom stereocenters. The number of unbranched alkanes of at least 4 members (excludes halogenated alkanes) is 32. The maximum Gasteiger partial charge on any atom is 0.472 e. The highest BCUT2D eigenvalue weighted by Crippen LogP contribution is 2.49. The van der Waals surface area contributed by atoms with Crippen LogP contribution in [-0.4, -0.2) is 204 Å². The molecule has 0 amide bonds. The van der Waals surface area contributed by atoms with Crippen LogP contribution in [0.2, 0.25) is 0 Å². The zero-order valence-corrected chi connectivity index (χ0v) is 59.3. The van der Waals surface area contributed by atoms with Crippen LogP contribution < -0.4 is 0 Å². The van der Waals surface area contributed by atoms with Gasteiger partial charge in [0.05, 0.1) is 13.2 Å². The van der Waals surface area contributed by atoms with Crippen molar-refractivity contribution in [2.24, 2.45) is 5.92 Å². The fourth-order valence-electron chi connectivity index (χ4n) is 12.6. The zero-order valence-electron chi connectivity index (χ0n) is 58.4. The van der Waals surface area contributed by atoms with Gasteiger partial charge in [-0.05, 0) is 25.2 Å². The average molecular weight is 1390 g/mol. The van der Waals surface area contributed by atoms with Crippen molar-refractivity contribution in [3.05, 3.63) is 0 Å². The van der Waals surface area contributed by atoms with E-state index < -0.39 is 156 Å². The second-order valence-electron chi connectivity index (χ2n) is 27.3. The molecule has 0 spiro atoms. The van der Waals surface area contributed by atoms with Crippen LogP contribution in [0.5, 0.6) is 0 Å². The van der Waals surface area contributed by atoms with Gasteiger partial charge in [0.2, 0.25) is 0 Å². The summed E-state index contributed by atoms with van der Waals surface area (Å²) < 4.78 is 65.0. The molecule has 3 rings (SSSR count). The number of esters is 3. The van der Waals surface area contributed by atoms with E-state index in [-0.39, 0.29) is 19.3 Å². The van der Waals surface area contributed by atoms with Gasteiger partial charge in [-0.1, -0.05) is 252 Å². The summed E-state index contributed by atoms with van der Waals surface area (Å²) in [5.41, 5.74) is 0. The predicted molar refractivity (Wildman–Crippen MR) is 356 cm³/mol. The van der Waals surface area contributed by atoms with Crippen molar-refractivity contribution in [2.45, 2.75) is 395 Å². The van der Waals surface area contributed by atoms with Gasteiger partial charge in [-0.15, -0.1) is 0 Å². The van der Waals surface area contributed by atoms with Gasteiger partial charge in [0.25, 0.3) is 0 Å². The Kier molecular flexibility index (Phi) is 47.7. The Morgan fingerprint density at radius 2 is 0.737 bits per heavy atom. The van der Waals surface area contributed by atoms with Gasteiger partial charge in [-0.3, -0.25) is 23.4 Å². The number of ether oxygens (including phenoxy) is 7. The number of aliphatic hydroxyl groups excluding tert-OH is 10. The third-order valence-electron chi connectivity index (χ3n) is 18.8. The summed E-state index contributed by atoms with van der Waals surface area (Å²) in [5, 5.41) is 110. The molecule has 95 heavy (non-hydrogen) atoms. The number of hydrogen-bond acceptors (Lipinski definition) is 23. The largest absolute Gasteiger partial charge is 0.472 e. The minimum absolute atomic E-state index is 0.0323. The molecule has 0 radical (unpaired) electrons. The summed E-state index contributed by atoms with van der Waals surface area (Å²) in [7, 11) is -5.69. The molecule has 3 fully saturated rings. The number of phosphoric acid groups is 1. The molecule has 19 atom stereocenters. The van der Waals surface area contributed by atoms with Crippen LogP contribution in [0, 0.1) is 5.92 Å². The predicted octanol–water partition coefficient (Wildman–Crippen LogP) is 9.65. The van der Waals surface area contributed by atoms with E-state index in [1.165, 1.54) is 135 Å². The Morgan fingerprint density at radius 3 is 1.14 bits per heavy atom. The molecule has 0 aromatic rings. The van der Waals surface area contributed by atoms with Crippen LogP contribution in [0.25, 0.3) is 0 Å². The normalized spacial score (nSPS) is 28.4. The molecule has 2 saturated heterocycles. The van der Waals surface area contributed by atoms with Gasteiger partial charge < -0.3 is 89.1 Å². The van der Waals surface area contributed by atoms with E-state index in [1.807, 2.05) is 0 Å². The summed E-state index contributed by atoms with van der Waals surface area (Å²) in [5.74, 6) is -1.30. The molecule has 2 aliphatic heterocycles. The first-order chi connectivity index (χ1) is 45.7. The maximum atomic E-state index is 14.3. The molecular weight excluding hydrogens is 1260 g/mol. The second kappa shape index (κ2) is 52.0. The summed E-state index contributed by atoms with van der Waals surface area (Å²) >= 11 is 0. The minimum atomic E-state index is -5.69. The molecule has 1 saturated carbocycles. The molecule has 11 N–H and O–H groups in total. The Hall–Kier alpha value is -2.04. The first kappa shape index (κ1) is 87.2. The van der Waals surface area contributed by atoms with Crippen molar-refractivity contribution in [3.63, 3.8) is 0 Å². The van der Waals surface area contributed by atoms with Crippen molar-refractivity contribution in [2.75, 3.05) is 26.4 Å². The van der Waals surface area contributed by atoms with Gasteiger partial charge in [-0.25, -0.2) is 4.57 Å². The Balaban J connectivity index is 1.76. The monoisotopic (exact) mass is 1390 g/mol. The lowest BCUT2D eigenvalue weighted by Crippen LogP contribution is -2.69. The smallest absolute Gasteiger partial charge is 0.463 e. The number of carbonyl (C=O) groups is 3. The summed E-state index contributed by atoms with van der Waals surface area (Å²) in [4.78, 5) is 51.0. The average Bonchev–Trinajstić information content (AvgIpc) is 0.766. The molecular formula is C70H131O24P. The van der Waals surface area contributed by atoms with Gasteiger partial charge in [0, 0.05) is 19.3 Å². The first-order valence-electron chi connectivity index (χ1n) is 37.2. The van der Waals surface area contributed by atoms with Crippen molar-refractivity contribution in [3.8, 4) is 0 Å². The van der Waals surface area contributed by atoms with Gasteiger partial charge in [-0.2, -0.15) is 0 Å². The molecule has 25 heteroatoms. The molecule has 0 aromatic carbocycles. The lowest BCUT2D eigenvalue weighted by molar-refractivity contribution is -0.360. The topological polar surface area (TPSA) is 374 Å². The zero-order chi connectivity index (χ0) is 69.8. The number of carbonyl (C=O) groups excluding carboxylic acids is 3. The fourth-order valence-corrected chi connectivity index (χ4v) is 13.6. The molecule has 3 aliphatic rings. The quantitative estimate of drug-likeness (QED) is 0.0117. The molecule has 1 aliphatic carbocycles. The number of hydrogen-bond donors (Lipinski definition) is 11.